The number of thiophene rings is 1. The lowest BCUT2D eigenvalue weighted by atomic mass is 10.0. The molecule has 1 atom stereocenters. The van der Waals surface area contributed by atoms with Crippen LogP contribution in [0.2, 0.25) is 5.02 Å². The Morgan fingerprint density at radius 3 is 2.72 bits per heavy atom. The Hall–Kier alpha value is -0.900. The summed E-state index contributed by atoms with van der Waals surface area (Å²) in [4.78, 5) is 1.07. The Balaban J connectivity index is 2.41. The van der Waals surface area contributed by atoms with E-state index in [1.54, 1.807) is 18.3 Å². The molecule has 1 unspecified atom stereocenters. The number of rotatable bonds is 4. The van der Waals surface area contributed by atoms with Gasteiger partial charge in [0.15, 0.2) is 0 Å². The minimum atomic E-state index is -0.175. The highest BCUT2D eigenvalue weighted by atomic mass is 35.5. The molecule has 1 heterocycles. The largest absolute Gasteiger partial charge is 0.306 e. The van der Waals surface area contributed by atoms with Gasteiger partial charge in [0.05, 0.1) is 11.1 Å². The third kappa shape index (κ3) is 2.74. The Morgan fingerprint density at radius 2 is 2.17 bits per heavy atom. The van der Waals surface area contributed by atoms with E-state index < -0.39 is 0 Å². The second-order valence-electron chi connectivity index (χ2n) is 4.13. The van der Waals surface area contributed by atoms with Crippen LogP contribution in [0.1, 0.15) is 29.0 Å². The summed E-state index contributed by atoms with van der Waals surface area (Å²) in [6.07, 6.45) is 0. The maximum absolute atomic E-state index is 13.3. The third-order valence-corrected chi connectivity index (χ3v) is 4.25. The molecule has 1 N–H and O–H groups in total. The van der Waals surface area contributed by atoms with Gasteiger partial charge in [-0.2, -0.15) is 0 Å². The molecular weight excluding hydrogens is 269 g/mol. The van der Waals surface area contributed by atoms with Gasteiger partial charge in [0.1, 0.15) is 5.82 Å². The monoisotopic (exact) mass is 283 g/mol. The standard InChI is InChI=1S/C14H15ClFNS/c1-3-17-13(14-11(15)6-7-18-14)10-4-5-12(16)9(2)8-10/h4-8,13,17H,3H2,1-2H3. The van der Waals surface area contributed by atoms with Crippen LogP contribution in [0.5, 0.6) is 0 Å². The minimum absolute atomic E-state index is 0.0294. The van der Waals surface area contributed by atoms with Crippen molar-refractivity contribution in [2.45, 2.75) is 19.9 Å². The molecule has 0 saturated heterocycles. The molecule has 96 valence electrons. The van der Waals surface area contributed by atoms with E-state index in [9.17, 15) is 4.39 Å². The quantitative estimate of drug-likeness (QED) is 0.868. The fourth-order valence-electron chi connectivity index (χ4n) is 1.92. The maximum Gasteiger partial charge on any atom is 0.126 e. The zero-order valence-corrected chi connectivity index (χ0v) is 11.9. The average molecular weight is 284 g/mol. The highest BCUT2D eigenvalue weighted by Crippen LogP contribution is 2.33. The van der Waals surface area contributed by atoms with E-state index in [0.717, 1.165) is 22.0 Å². The molecule has 1 nitrogen and oxygen atoms in total. The summed E-state index contributed by atoms with van der Waals surface area (Å²) >= 11 is 7.80. The lowest BCUT2D eigenvalue weighted by Gasteiger charge is -2.18. The van der Waals surface area contributed by atoms with Gasteiger partial charge < -0.3 is 5.32 Å². The highest BCUT2D eigenvalue weighted by Gasteiger charge is 2.18. The van der Waals surface area contributed by atoms with Crippen molar-refractivity contribution in [3.05, 3.63) is 56.5 Å². The summed E-state index contributed by atoms with van der Waals surface area (Å²) in [6, 6.07) is 7.12. The first-order valence-corrected chi connectivity index (χ1v) is 7.11. The third-order valence-electron chi connectivity index (χ3n) is 2.83. The summed E-state index contributed by atoms with van der Waals surface area (Å²) in [7, 11) is 0. The van der Waals surface area contributed by atoms with Crippen molar-refractivity contribution in [3.8, 4) is 0 Å². The fourth-order valence-corrected chi connectivity index (χ4v) is 3.19. The van der Waals surface area contributed by atoms with Crippen LogP contribution in [0.3, 0.4) is 0 Å². The lowest BCUT2D eigenvalue weighted by Crippen LogP contribution is -2.21. The van der Waals surface area contributed by atoms with Gasteiger partial charge >= 0.3 is 0 Å². The smallest absolute Gasteiger partial charge is 0.126 e. The Bertz CT molecular complexity index is 538. The van der Waals surface area contributed by atoms with Crippen molar-refractivity contribution in [2.24, 2.45) is 0 Å². The Labute approximate surface area is 116 Å². The number of aryl methyl sites for hydroxylation is 1. The van der Waals surface area contributed by atoms with E-state index in [-0.39, 0.29) is 11.9 Å². The SMILES string of the molecule is CCNC(c1ccc(F)c(C)c1)c1sccc1Cl. The van der Waals surface area contributed by atoms with Crippen LogP contribution in [0.4, 0.5) is 4.39 Å². The van der Waals surface area contributed by atoms with Crippen LogP contribution in [0.25, 0.3) is 0 Å². The van der Waals surface area contributed by atoms with Gasteiger partial charge in [-0.25, -0.2) is 4.39 Å². The number of benzene rings is 1. The number of hydrogen-bond acceptors (Lipinski definition) is 2. The van der Waals surface area contributed by atoms with Crippen molar-refractivity contribution in [1.29, 1.82) is 0 Å². The number of halogens is 2. The van der Waals surface area contributed by atoms with Gasteiger partial charge in [-0.05, 0) is 42.1 Å². The summed E-state index contributed by atoms with van der Waals surface area (Å²) in [5.74, 6) is -0.175. The lowest BCUT2D eigenvalue weighted by molar-refractivity contribution is 0.609. The average Bonchev–Trinajstić information content (AvgIpc) is 2.76. The summed E-state index contributed by atoms with van der Waals surface area (Å²) in [5.41, 5.74) is 1.70. The fraction of sp³-hybridized carbons (Fsp3) is 0.286. The highest BCUT2D eigenvalue weighted by molar-refractivity contribution is 7.10. The molecule has 2 aromatic rings. The molecule has 0 aliphatic carbocycles. The molecule has 0 fully saturated rings. The molecule has 0 aliphatic rings. The van der Waals surface area contributed by atoms with Gasteiger partial charge in [0.25, 0.3) is 0 Å². The topological polar surface area (TPSA) is 12.0 Å². The summed E-state index contributed by atoms with van der Waals surface area (Å²) in [6.45, 7) is 4.65. The van der Waals surface area contributed by atoms with E-state index in [1.165, 1.54) is 6.07 Å². The molecule has 0 bridgehead atoms. The molecule has 0 amide bonds. The number of hydrogen-bond donors (Lipinski definition) is 1. The van der Waals surface area contributed by atoms with E-state index >= 15 is 0 Å². The summed E-state index contributed by atoms with van der Waals surface area (Å²) in [5, 5.41) is 6.12. The van der Waals surface area contributed by atoms with Crippen LogP contribution >= 0.6 is 22.9 Å². The van der Waals surface area contributed by atoms with Crippen LogP contribution in [0, 0.1) is 12.7 Å². The maximum atomic E-state index is 13.3. The van der Waals surface area contributed by atoms with Crippen molar-refractivity contribution in [1.82, 2.24) is 5.32 Å². The predicted octanol–water partition coefficient (Wildman–Crippen LogP) is 4.55. The van der Waals surface area contributed by atoms with E-state index in [4.69, 9.17) is 11.6 Å². The zero-order chi connectivity index (χ0) is 13.1. The molecule has 4 heteroatoms. The first kappa shape index (κ1) is 13.5. The van der Waals surface area contributed by atoms with Crippen LogP contribution < -0.4 is 5.32 Å². The van der Waals surface area contributed by atoms with Crippen LogP contribution in [0.15, 0.2) is 29.6 Å². The van der Waals surface area contributed by atoms with Crippen molar-refractivity contribution >= 4 is 22.9 Å². The van der Waals surface area contributed by atoms with Gasteiger partial charge in [-0.15, -0.1) is 11.3 Å². The Morgan fingerprint density at radius 1 is 1.39 bits per heavy atom. The van der Waals surface area contributed by atoms with Crippen molar-refractivity contribution in [2.75, 3.05) is 6.54 Å². The van der Waals surface area contributed by atoms with Gasteiger partial charge in [-0.3, -0.25) is 0 Å². The van der Waals surface area contributed by atoms with Gasteiger partial charge in [-0.1, -0.05) is 30.7 Å². The van der Waals surface area contributed by atoms with Gasteiger partial charge in [0.2, 0.25) is 0 Å². The predicted molar refractivity (Wildman–Crippen MR) is 76.0 cm³/mol. The minimum Gasteiger partial charge on any atom is -0.306 e. The van der Waals surface area contributed by atoms with E-state index in [2.05, 4.69) is 5.32 Å². The molecule has 0 saturated carbocycles. The van der Waals surface area contributed by atoms with E-state index in [0.29, 0.717) is 5.56 Å². The van der Waals surface area contributed by atoms with Crippen molar-refractivity contribution in [3.63, 3.8) is 0 Å². The van der Waals surface area contributed by atoms with E-state index in [1.807, 2.05) is 30.5 Å². The molecule has 18 heavy (non-hydrogen) atoms. The molecule has 0 spiro atoms. The molecule has 0 aliphatic heterocycles. The van der Waals surface area contributed by atoms with Crippen LogP contribution in [-0.2, 0) is 0 Å². The van der Waals surface area contributed by atoms with Crippen LogP contribution in [-0.4, -0.2) is 6.54 Å². The normalized spacial score (nSPS) is 12.7. The molecular formula is C14H15ClFNS. The molecule has 0 radical (unpaired) electrons. The second kappa shape index (κ2) is 5.83. The second-order valence-corrected chi connectivity index (χ2v) is 5.49. The first-order valence-electron chi connectivity index (χ1n) is 5.85. The molecule has 2 rings (SSSR count). The first-order chi connectivity index (χ1) is 8.63. The molecule has 1 aromatic heterocycles. The van der Waals surface area contributed by atoms with Crippen molar-refractivity contribution < 1.29 is 4.39 Å². The zero-order valence-electron chi connectivity index (χ0n) is 10.3. The van der Waals surface area contributed by atoms with Gasteiger partial charge in [0, 0.05) is 4.88 Å². The molecule has 1 aromatic carbocycles. The summed E-state index contributed by atoms with van der Waals surface area (Å²) < 4.78 is 13.3. The Kier molecular flexibility index (Phi) is 4.38. The number of nitrogens with one attached hydrogen (secondary N) is 1.